The minimum atomic E-state index is -0.895. The molecule has 0 aliphatic rings. The number of hydrogen-bond acceptors (Lipinski definition) is 5. The van der Waals surface area contributed by atoms with E-state index in [0.29, 0.717) is 0 Å². The lowest BCUT2D eigenvalue weighted by Crippen LogP contribution is -2.28. The third kappa shape index (κ3) is 3.58. The van der Waals surface area contributed by atoms with Crippen molar-refractivity contribution in [2.45, 2.75) is 26.4 Å². The molecule has 0 spiro atoms. The van der Waals surface area contributed by atoms with Gasteiger partial charge in [0.05, 0.1) is 4.92 Å². The van der Waals surface area contributed by atoms with Gasteiger partial charge in [0.15, 0.2) is 0 Å². The van der Waals surface area contributed by atoms with Crippen LogP contribution in [0.3, 0.4) is 0 Å². The van der Waals surface area contributed by atoms with Crippen LogP contribution in [0.25, 0.3) is 0 Å². The third-order valence-corrected chi connectivity index (χ3v) is 1.75. The smallest absolute Gasteiger partial charge is 0.412 e. The maximum atomic E-state index is 11.4. The van der Waals surface area contributed by atoms with Crippen LogP contribution < -0.4 is 10.9 Å². The molecule has 8 heteroatoms. The Bertz CT molecular complexity index is 529. The van der Waals surface area contributed by atoms with Crippen molar-refractivity contribution in [2.24, 2.45) is 0 Å². The number of pyridine rings is 1. The number of H-pyrrole nitrogens is 1. The molecule has 2 N–H and O–H groups in total. The molecule has 18 heavy (non-hydrogen) atoms. The fraction of sp³-hybridized carbons (Fsp3) is 0.400. The van der Waals surface area contributed by atoms with Gasteiger partial charge in [-0.2, -0.15) is 0 Å². The summed E-state index contributed by atoms with van der Waals surface area (Å²) in [7, 11) is 0. The number of rotatable bonds is 2. The zero-order valence-corrected chi connectivity index (χ0v) is 10.1. The monoisotopic (exact) mass is 255 g/mol. The molecule has 0 saturated heterocycles. The Morgan fingerprint density at radius 2 is 2.11 bits per heavy atom. The second-order valence-corrected chi connectivity index (χ2v) is 4.45. The standard InChI is InChI=1S/C10H13N3O5/c1-10(2,3)18-9(15)12-6-4-5-11-8(14)7(6)13(16)17/h4-5H,1-3H3,(H2,11,12,14,15). The van der Waals surface area contributed by atoms with Gasteiger partial charge in [0.2, 0.25) is 0 Å². The second kappa shape index (κ2) is 4.86. The summed E-state index contributed by atoms with van der Waals surface area (Å²) in [4.78, 5) is 34.7. The predicted molar refractivity (Wildman–Crippen MR) is 63.6 cm³/mol. The molecule has 1 heterocycles. The zero-order valence-electron chi connectivity index (χ0n) is 10.1. The molecule has 1 amide bonds. The van der Waals surface area contributed by atoms with E-state index >= 15 is 0 Å². The van der Waals surface area contributed by atoms with E-state index in [2.05, 4.69) is 10.3 Å². The average Bonchev–Trinajstić information content (AvgIpc) is 2.13. The number of nitrogens with zero attached hydrogens (tertiary/aromatic N) is 1. The largest absolute Gasteiger partial charge is 0.444 e. The zero-order chi connectivity index (χ0) is 13.9. The van der Waals surface area contributed by atoms with Gasteiger partial charge in [0.1, 0.15) is 11.3 Å². The maximum Gasteiger partial charge on any atom is 0.412 e. The van der Waals surface area contributed by atoms with Crippen LogP contribution in [0.1, 0.15) is 20.8 Å². The first-order valence-corrected chi connectivity index (χ1v) is 5.07. The first kappa shape index (κ1) is 13.7. The van der Waals surface area contributed by atoms with E-state index < -0.39 is 27.9 Å². The number of carbonyl (C=O) groups is 1. The number of amides is 1. The van der Waals surface area contributed by atoms with E-state index in [-0.39, 0.29) is 5.69 Å². The first-order valence-electron chi connectivity index (χ1n) is 5.07. The van der Waals surface area contributed by atoms with Gasteiger partial charge in [0, 0.05) is 6.20 Å². The van der Waals surface area contributed by atoms with Crippen molar-refractivity contribution in [3.05, 3.63) is 32.7 Å². The highest BCUT2D eigenvalue weighted by molar-refractivity contribution is 5.87. The summed E-state index contributed by atoms with van der Waals surface area (Å²) < 4.78 is 4.93. The van der Waals surface area contributed by atoms with Gasteiger partial charge in [-0.25, -0.2) is 4.79 Å². The molecule has 0 fully saturated rings. The summed E-state index contributed by atoms with van der Waals surface area (Å²) in [6.45, 7) is 4.95. The predicted octanol–water partition coefficient (Wildman–Crippen LogP) is 1.63. The number of hydrogen-bond donors (Lipinski definition) is 2. The van der Waals surface area contributed by atoms with Crippen LogP contribution in [0.5, 0.6) is 0 Å². The quantitative estimate of drug-likeness (QED) is 0.615. The highest BCUT2D eigenvalue weighted by Gasteiger charge is 2.23. The van der Waals surface area contributed by atoms with Crippen LogP contribution in [-0.2, 0) is 4.74 Å². The SMILES string of the molecule is CC(C)(C)OC(=O)Nc1cc[nH]c(=O)c1[N+](=O)[O-]. The molecule has 0 unspecified atom stereocenters. The van der Waals surface area contributed by atoms with Crippen molar-refractivity contribution in [1.82, 2.24) is 4.98 Å². The third-order valence-electron chi connectivity index (χ3n) is 1.75. The Kier molecular flexibility index (Phi) is 3.70. The van der Waals surface area contributed by atoms with E-state index in [1.165, 1.54) is 12.3 Å². The fourth-order valence-electron chi connectivity index (χ4n) is 1.17. The lowest BCUT2D eigenvalue weighted by molar-refractivity contribution is -0.385. The highest BCUT2D eigenvalue weighted by Crippen LogP contribution is 2.19. The summed E-state index contributed by atoms with van der Waals surface area (Å²) >= 11 is 0. The maximum absolute atomic E-state index is 11.4. The highest BCUT2D eigenvalue weighted by atomic mass is 16.6. The topological polar surface area (TPSA) is 114 Å². The van der Waals surface area contributed by atoms with E-state index in [9.17, 15) is 19.7 Å². The second-order valence-electron chi connectivity index (χ2n) is 4.45. The van der Waals surface area contributed by atoms with Crippen LogP contribution in [0, 0.1) is 10.1 Å². The molecule has 8 nitrogen and oxygen atoms in total. The normalized spacial score (nSPS) is 10.8. The Balaban J connectivity index is 2.99. The van der Waals surface area contributed by atoms with Crippen LogP contribution in [0.2, 0.25) is 0 Å². The summed E-state index contributed by atoms with van der Waals surface area (Å²) in [5.74, 6) is 0. The van der Waals surface area contributed by atoms with Gasteiger partial charge in [-0.1, -0.05) is 0 Å². The number of carbonyl (C=O) groups excluding carboxylic acids is 1. The molecule has 98 valence electrons. The van der Waals surface area contributed by atoms with Crippen LogP contribution in [-0.4, -0.2) is 21.6 Å². The van der Waals surface area contributed by atoms with E-state index in [4.69, 9.17) is 4.74 Å². The summed E-state index contributed by atoms with van der Waals surface area (Å²) in [5, 5.41) is 12.9. The minimum absolute atomic E-state index is 0.210. The number of aromatic nitrogens is 1. The van der Waals surface area contributed by atoms with E-state index in [1.54, 1.807) is 20.8 Å². The molecule has 0 radical (unpaired) electrons. The van der Waals surface area contributed by atoms with Crippen molar-refractivity contribution in [1.29, 1.82) is 0 Å². The van der Waals surface area contributed by atoms with E-state index in [0.717, 1.165) is 0 Å². The van der Waals surface area contributed by atoms with Gasteiger partial charge in [-0.05, 0) is 26.8 Å². The lowest BCUT2D eigenvalue weighted by atomic mass is 10.2. The summed E-state index contributed by atoms with van der Waals surface area (Å²) in [6.07, 6.45) is 0.332. The molecule has 1 aromatic rings. The molecule has 0 aromatic carbocycles. The number of anilines is 1. The molecular weight excluding hydrogens is 242 g/mol. The van der Waals surface area contributed by atoms with Crippen LogP contribution >= 0.6 is 0 Å². The van der Waals surface area contributed by atoms with Crippen molar-refractivity contribution in [3.8, 4) is 0 Å². The molecule has 0 bridgehead atoms. The van der Waals surface area contributed by atoms with Crippen LogP contribution in [0.15, 0.2) is 17.1 Å². The molecule has 0 saturated carbocycles. The molecular formula is C10H13N3O5. The number of nitro groups is 1. The van der Waals surface area contributed by atoms with Gasteiger partial charge in [-0.15, -0.1) is 0 Å². The Morgan fingerprint density at radius 1 is 1.50 bits per heavy atom. The Morgan fingerprint density at radius 3 is 2.61 bits per heavy atom. The molecule has 0 aliphatic carbocycles. The molecule has 1 rings (SSSR count). The van der Waals surface area contributed by atoms with E-state index in [1.807, 2.05) is 0 Å². The molecule has 0 atom stereocenters. The van der Waals surface area contributed by atoms with Crippen molar-refractivity contribution >= 4 is 17.5 Å². The Hall–Kier alpha value is -2.38. The number of nitrogens with one attached hydrogen (secondary N) is 2. The summed E-state index contributed by atoms with van der Waals surface area (Å²) in [5.41, 5.74) is -2.57. The Labute approximate surface area is 102 Å². The molecule has 1 aromatic heterocycles. The number of ether oxygens (including phenoxy) is 1. The molecule has 0 aliphatic heterocycles. The minimum Gasteiger partial charge on any atom is -0.444 e. The van der Waals surface area contributed by atoms with Crippen molar-refractivity contribution in [3.63, 3.8) is 0 Å². The number of aromatic amines is 1. The average molecular weight is 255 g/mol. The lowest BCUT2D eigenvalue weighted by Gasteiger charge is -2.19. The van der Waals surface area contributed by atoms with Crippen molar-refractivity contribution in [2.75, 3.05) is 5.32 Å². The van der Waals surface area contributed by atoms with Gasteiger partial charge in [-0.3, -0.25) is 20.2 Å². The summed E-state index contributed by atoms with van der Waals surface area (Å²) in [6, 6.07) is 1.21. The first-order chi connectivity index (χ1) is 8.20. The fourth-order valence-corrected chi connectivity index (χ4v) is 1.17. The van der Waals surface area contributed by atoms with Crippen LogP contribution in [0.4, 0.5) is 16.2 Å². The van der Waals surface area contributed by atoms with Gasteiger partial charge < -0.3 is 9.72 Å². The van der Waals surface area contributed by atoms with Gasteiger partial charge >= 0.3 is 17.3 Å². The van der Waals surface area contributed by atoms with Gasteiger partial charge in [0.25, 0.3) is 0 Å². The van der Waals surface area contributed by atoms with Crippen molar-refractivity contribution < 1.29 is 14.5 Å².